The fourth-order valence-corrected chi connectivity index (χ4v) is 3.46. The maximum absolute atomic E-state index is 9.78. The highest BCUT2D eigenvalue weighted by molar-refractivity contribution is 9.10. The zero-order valence-electron chi connectivity index (χ0n) is 14.2. The Morgan fingerprint density at radius 2 is 2.22 bits per heavy atom. The van der Waals surface area contributed by atoms with E-state index < -0.39 is 0 Å². The van der Waals surface area contributed by atoms with Crippen molar-refractivity contribution in [3.8, 4) is 0 Å². The topological polar surface area (TPSA) is 62.0 Å². The van der Waals surface area contributed by atoms with E-state index in [9.17, 15) is 5.11 Å². The van der Waals surface area contributed by atoms with E-state index in [0.717, 1.165) is 29.8 Å². The van der Waals surface area contributed by atoms with E-state index in [1.165, 1.54) is 5.69 Å². The van der Waals surface area contributed by atoms with Crippen molar-refractivity contribution in [3.05, 3.63) is 22.4 Å². The second-order valence-electron chi connectivity index (χ2n) is 6.29. The molecule has 1 aromatic heterocycles. The first-order valence-electron chi connectivity index (χ1n) is 7.91. The second kappa shape index (κ2) is 8.17. The average Bonchev–Trinajstić information content (AvgIpc) is 2.86. The summed E-state index contributed by atoms with van der Waals surface area (Å²) in [4.78, 5) is 6.46. The highest BCUT2D eigenvalue weighted by Gasteiger charge is 2.32. The molecule has 130 valence electrons. The van der Waals surface area contributed by atoms with Gasteiger partial charge in [0, 0.05) is 62.7 Å². The summed E-state index contributed by atoms with van der Waals surface area (Å²) < 4.78 is 8.59. The van der Waals surface area contributed by atoms with Gasteiger partial charge >= 0.3 is 0 Å². The van der Waals surface area contributed by atoms with Crippen molar-refractivity contribution in [3.63, 3.8) is 0 Å². The van der Waals surface area contributed by atoms with Crippen molar-refractivity contribution in [2.24, 2.45) is 17.5 Å². The SMILES string of the molecule is CN=C(NCC1(CO)CCOCC1)N(C)Cc1cc(Br)cn1C. The third kappa shape index (κ3) is 4.71. The average molecular weight is 387 g/mol. The van der Waals surface area contributed by atoms with Gasteiger partial charge in [-0.3, -0.25) is 4.99 Å². The minimum Gasteiger partial charge on any atom is -0.396 e. The molecular weight excluding hydrogens is 360 g/mol. The molecule has 1 fully saturated rings. The molecule has 0 unspecified atom stereocenters. The number of hydrogen-bond donors (Lipinski definition) is 2. The van der Waals surface area contributed by atoms with Gasteiger partial charge in [-0.25, -0.2) is 0 Å². The lowest BCUT2D eigenvalue weighted by Crippen LogP contribution is -2.47. The Kier molecular flexibility index (Phi) is 6.50. The Balaban J connectivity index is 1.95. The summed E-state index contributed by atoms with van der Waals surface area (Å²) in [5.41, 5.74) is 1.09. The summed E-state index contributed by atoms with van der Waals surface area (Å²) in [5, 5.41) is 13.2. The quantitative estimate of drug-likeness (QED) is 0.595. The van der Waals surface area contributed by atoms with Crippen molar-refractivity contribution >= 4 is 21.9 Å². The van der Waals surface area contributed by atoms with Crippen molar-refractivity contribution in [2.75, 3.05) is 40.5 Å². The lowest BCUT2D eigenvalue weighted by Gasteiger charge is -2.36. The number of nitrogens with zero attached hydrogens (tertiary/aromatic N) is 3. The number of halogens is 1. The highest BCUT2D eigenvalue weighted by Crippen LogP contribution is 2.29. The maximum Gasteiger partial charge on any atom is 0.193 e. The fourth-order valence-electron chi connectivity index (χ4n) is 2.89. The first kappa shape index (κ1) is 18.3. The van der Waals surface area contributed by atoms with E-state index in [1.807, 2.05) is 20.3 Å². The Morgan fingerprint density at radius 1 is 1.52 bits per heavy atom. The van der Waals surface area contributed by atoms with E-state index >= 15 is 0 Å². The van der Waals surface area contributed by atoms with Crippen LogP contribution in [-0.4, -0.2) is 61.0 Å². The number of guanidine groups is 1. The fraction of sp³-hybridized carbons (Fsp3) is 0.688. The van der Waals surface area contributed by atoms with Gasteiger partial charge in [0.25, 0.3) is 0 Å². The third-order valence-electron chi connectivity index (χ3n) is 4.56. The van der Waals surface area contributed by atoms with Gasteiger partial charge in [-0.15, -0.1) is 0 Å². The standard InChI is InChI=1S/C16H27BrN4O2/c1-18-15(19-11-16(12-22)4-6-23-7-5-16)21(3)10-14-8-13(17)9-20(14)2/h8-9,22H,4-7,10-12H2,1-3H3,(H,18,19). The minimum absolute atomic E-state index is 0.108. The van der Waals surface area contributed by atoms with Crippen LogP contribution in [0.5, 0.6) is 0 Å². The molecule has 0 saturated carbocycles. The summed E-state index contributed by atoms with van der Waals surface area (Å²) in [5.74, 6) is 0.835. The van der Waals surface area contributed by atoms with Gasteiger partial charge in [-0.1, -0.05) is 0 Å². The Bertz CT molecular complexity index is 538. The molecular formula is C16H27BrN4O2. The van der Waals surface area contributed by atoms with Crippen LogP contribution >= 0.6 is 15.9 Å². The molecule has 0 aliphatic carbocycles. The van der Waals surface area contributed by atoms with Crippen LogP contribution in [0.2, 0.25) is 0 Å². The first-order valence-corrected chi connectivity index (χ1v) is 8.70. The number of hydrogen-bond acceptors (Lipinski definition) is 3. The minimum atomic E-state index is -0.108. The van der Waals surface area contributed by atoms with Crippen LogP contribution in [0.1, 0.15) is 18.5 Å². The number of aliphatic hydroxyl groups excluding tert-OH is 1. The van der Waals surface area contributed by atoms with Crippen LogP contribution < -0.4 is 5.32 Å². The number of aromatic nitrogens is 1. The zero-order chi connectivity index (χ0) is 16.9. The molecule has 2 N–H and O–H groups in total. The molecule has 0 amide bonds. The van der Waals surface area contributed by atoms with Crippen LogP contribution in [-0.2, 0) is 18.3 Å². The molecule has 1 aliphatic rings. The summed E-state index contributed by atoms with van der Waals surface area (Å²) in [7, 11) is 5.84. The van der Waals surface area contributed by atoms with Gasteiger partial charge in [-0.05, 0) is 34.8 Å². The number of rotatable bonds is 5. The van der Waals surface area contributed by atoms with E-state index in [0.29, 0.717) is 19.8 Å². The lowest BCUT2D eigenvalue weighted by molar-refractivity contribution is -0.0134. The van der Waals surface area contributed by atoms with Crippen molar-refractivity contribution in [1.29, 1.82) is 0 Å². The van der Waals surface area contributed by atoms with Crippen molar-refractivity contribution < 1.29 is 9.84 Å². The summed E-state index contributed by atoms with van der Waals surface area (Å²) in [6.45, 7) is 3.08. The molecule has 0 atom stereocenters. The smallest absolute Gasteiger partial charge is 0.193 e. The van der Waals surface area contributed by atoms with Gasteiger partial charge in [0.1, 0.15) is 0 Å². The lowest BCUT2D eigenvalue weighted by atomic mass is 9.81. The van der Waals surface area contributed by atoms with Crippen molar-refractivity contribution in [1.82, 2.24) is 14.8 Å². The van der Waals surface area contributed by atoms with Gasteiger partial charge < -0.3 is 24.6 Å². The van der Waals surface area contributed by atoms with Gasteiger partial charge in [-0.2, -0.15) is 0 Å². The molecule has 0 spiro atoms. The summed E-state index contributed by atoms with van der Waals surface area (Å²) in [6.07, 6.45) is 3.80. The molecule has 2 heterocycles. The van der Waals surface area contributed by atoms with E-state index in [4.69, 9.17) is 4.74 Å². The van der Waals surface area contributed by atoms with Crippen molar-refractivity contribution in [2.45, 2.75) is 19.4 Å². The van der Waals surface area contributed by atoms with Gasteiger partial charge in [0.15, 0.2) is 5.96 Å². The second-order valence-corrected chi connectivity index (χ2v) is 7.20. The molecule has 0 radical (unpaired) electrons. The van der Waals surface area contributed by atoms with Crippen LogP contribution in [0.25, 0.3) is 0 Å². The number of aliphatic hydroxyl groups is 1. The maximum atomic E-state index is 9.78. The van der Waals surface area contributed by atoms with E-state index in [-0.39, 0.29) is 12.0 Å². The molecule has 23 heavy (non-hydrogen) atoms. The highest BCUT2D eigenvalue weighted by atomic mass is 79.9. The van der Waals surface area contributed by atoms with E-state index in [1.54, 1.807) is 7.05 Å². The Morgan fingerprint density at radius 3 is 2.74 bits per heavy atom. The predicted octanol–water partition coefficient (Wildman–Crippen LogP) is 1.58. The molecule has 1 aromatic rings. The number of nitrogens with one attached hydrogen (secondary N) is 1. The molecule has 1 saturated heterocycles. The normalized spacial score (nSPS) is 18.0. The molecule has 1 aliphatic heterocycles. The molecule has 7 heteroatoms. The van der Waals surface area contributed by atoms with E-state index in [2.05, 4.69) is 41.8 Å². The third-order valence-corrected chi connectivity index (χ3v) is 4.99. The summed E-state index contributed by atoms with van der Waals surface area (Å²) in [6, 6.07) is 2.11. The number of ether oxygens (including phenoxy) is 1. The molecule has 2 rings (SSSR count). The van der Waals surface area contributed by atoms with Crippen LogP contribution in [0, 0.1) is 5.41 Å². The monoisotopic (exact) mass is 386 g/mol. The molecule has 0 aromatic carbocycles. The molecule has 6 nitrogen and oxygen atoms in total. The Labute approximate surface area is 146 Å². The zero-order valence-corrected chi connectivity index (χ0v) is 15.8. The van der Waals surface area contributed by atoms with Crippen LogP contribution in [0.15, 0.2) is 21.7 Å². The predicted molar refractivity (Wildman–Crippen MR) is 95.5 cm³/mol. The first-order chi connectivity index (χ1) is 11.0. The van der Waals surface area contributed by atoms with Gasteiger partial charge in [0.05, 0.1) is 13.2 Å². The largest absolute Gasteiger partial charge is 0.396 e. The van der Waals surface area contributed by atoms with Gasteiger partial charge in [0.2, 0.25) is 0 Å². The van der Waals surface area contributed by atoms with Crippen LogP contribution in [0.4, 0.5) is 0 Å². The number of aryl methyl sites for hydroxylation is 1. The van der Waals surface area contributed by atoms with Crippen LogP contribution in [0.3, 0.4) is 0 Å². The molecule has 0 bridgehead atoms. The number of aliphatic imine (C=N–C) groups is 1. The Hall–Kier alpha value is -1.05. The summed E-state index contributed by atoms with van der Waals surface area (Å²) >= 11 is 3.50.